The summed E-state index contributed by atoms with van der Waals surface area (Å²) in [5.74, 6) is 0.914. The molecule has 3 rings (SSSR count). The van der Waals surface area contributed by atoms with Gasteiger partial charge in [0.2, 0.25) is 5.91 Å². The smallest absolute Gasteiger partial charge is 0.244 e. The number of carbonyl (C=O) groups is 1. The number of aromatic nitrogens is 1. The molecular formula is C16H20N4O3. The molecule has 0 atom stereocenters. The molecule has 1 aliphatic rings. The average Bonchev–Trinajstić information content (AvgIpc) is 2.99. The van der Waals surface area contributed by atoms with E-state index in [4.69, 9.17) is 9.26 Å². The number of carbonyl (C=O) groups excluding carboxylic acids is 1. The van der Waals surface area contributed by atoms with Crippen LogP contribution >= 0.6 is 0 Å². The molecule has 0 bridgehead atoms. The molecule has 1 saturated heterocycles. The first-order chi connectivity index (χ1) is 11.2. The summed E-state index contributed by atoms with van der Waals surface area (Å²) in [7, 11) is 0. The van der Waals surface area contributed by atoms with Crippen LogP contribution in [0.1, 0.15) is 5.76 Å². The Balaban J connectivity index is 1.60. The van der Waals surface area contributed by atoms with E-state index in [2.05, 4.69) is 20.7 Å². The number of ether oxygens (including phenoxy) is 1. The molecule has 1 aromatic carbocycles. The van der Waals surface area contributed by atoms with Crippen LogP contribution in [-0.2, 0) is 9.53 Å². The molecule has 1 aromatic heterocycles. The third-order valence-electron chi connectivity index (χ3n) is 3.59. The lowest BCUT2D eigenvalue weighted by Crippen LogP contribution is -2.36. The molecule has 1 aliphatic heterocycles. The Morgan fingerprint density at radius 3 is 2.83 bits per heavy atom. The van der Waals surface area contributed by atoms with Crippen LogP contribution < -0.4 is 15.5 Å². The number of hydrogen-bond donors (Lipinski definition) is 2. The van der Waals surface area contributed by atoms with Crippen molar-refractivity contribution in [1.82, 2.24) is 5.16 Å². The predicted octanol–water partition coefficient (Wildman–Crippen LogP) is 1.87. The number of amides is 1. The van der Waals surface area contributed by atoms with Gasteiger partial charge in [0.1, 0.15) is 5.76 Å². The molecule has 0 radical (unpaired) electrons. The lowest BCUT2D eigenvalue weighted by Gasteiger charge is -2.30. The summed E-state index contributed by atoms with van der Waals surface area (Å²) in [5.41, 5.74) is 2.02. The monoisotopic (exact) mass is 316 g/mol. The van der Waals surface area contributed by atoms with Crippen molar-refractivity contribution in [2.45, 2.75) is 6.92 Å². The second kappa shape index (κ2) is 7.15. The Hall–Kier alpha value is -2.54. The van der Waals surface area contributed by atoms with Crippen molar-refractivity contribution in [2.24, 2.45) is 0 Å². The largest absolute Gasteiger partial charge is 0.378 e. The van der Waals surface area contributed by atoms with Crippen molar-refractivity contribution in [3.05, 3.63) is 36.1 Å². The molecule has 1 amide bonds. The first kappa shape index (κ1) is 15.4. The maximum absolute atomic E-state index is 12.0. The Bertz CT molecular complexity index is 665. The van der Waals surface area contributed by atoms with Gasteiger partial charge in [0.25, 0.3) is 0 Å². The van der Waals surface area contributed by atoms with E-state index >= 15 is 0 Å². The van der Waals surface area contributed by atoms with Crippen LogP contribution in [0.2, 0.25) is 0 Å². The van der Waals surface area contributed by atoms with E-state index in [1.807, 2.05) is 24.3 Å². The molecule has 2 N–H and O–H groups in total. The van der Waals surface area contributed by atoms with Crippen LogP contribution in [0.3, 0.4) is 0 Å². The van der Waals surface area contributed by atoms with Crippen LogP contribution in [0.5, 0.6) is 0 Å². The van der Waals surface area contributed by atoms with Crippen LogP contribution in [-0.4, -0.2) is 43.9 Å². The van der Waals surface area contributed by atoms with E-state index < -0.39 is 0 Å². The summed E-state index contributed by atoms with van der Waals surface area (Å²) in [6.45, 7) is 5.08. The van der Waals surface area contributed by atoms with E-state index in [9.17, 15) is 4.79 Å². The fourth-order valence-electron chi connectivity index (χ4n) is 2.49. The van der Waals surface area contributed by atoms with Gasteiger partial charge in [0, 0.05) is 19.2 Å². The average molecular weight is 316 g/mol. The zero-order valence-corrected chi connectivity index (χ0v) is 13.0. The zero-order valence-electron chi connectivity index (χ0n) is 13.0. The molecule has 1 fully saturated rings. The molecule has 0 saturated carbocycles. The minimum atomic E-state index is -0.171. The van der Waals surface area contributed by atoms with Gasteiger partial charge in [-0.3, -0.25) is 4.79 Å². The topological polar surface area (TPSA) is 79.6 Å². The van der Waals surface area contributed by atoms with Crippen LogP contribution in [0.4, 0.5) is 17.2 Å². The van der Waals surface area contributed by atoms with E-state index in [1.54, 1.807) is 13.0 Å². The predicted molar refractivity (Wildman–Crippen MR) is 87.8 cm³/mol. The van der Waals surface area contributed by atoms with Gasteiger partial charge in [-0.25, -0.2) is 0 Å². The van der Waals surface area contributed by atoms with E-state index in [1.165, 1.54) is 0 Å². The normalized spacial score (nSPS) is 14.6. The summed E-state index contributed by atoms with van der Waals surface area (Å²) in [6.07, 6.45) is 0. The maximum atomic E-state index is 12.0. The highest BCUT2D eigenvalue weighted by Crippen LogP contribution is 2.26. The molecule has 0 spiro atoms. The molecule has 2 heterocycles. The lowest BCUT2D eigenvalue weighted by atomic mass is 10.2. The summed E-state index contributed by atoms with van der Waals surface area (Å²) in [6, 6.07) is 9.64. The first-order valence-electron chi connectivity index (χ1n) is 7.61. The van der Waals surface area contributed by atoms with Gasteiger partial charge in [0.05, 0.1) is 31.1 Å². The number of nitrogens with zero attached hydrogens (tertiary/aromatic N) is 2. The van der Waals surface area contributed by atoms with E-state index in [0.717, 1.165) is 37.7 Å². The molecule has 0 aliphatic carbocycles. The number of nitrogens with one attached hydrogen (secondary N) is 2. The van der Waals surface area contributed by atoms with Gasteiger partial charge in [0.15, 0.2) is 5.82 Å². The van der Waals surface area contributed by atoms with E-state index in [0.29, 0.717) is 11.6 Å². The molecule has 0 unspecified atom stereocenters. The number of anilines is 3. The van der Waals surface area contributed by atoms with Crippen LogP contribution in [0.15, 0.2) is 34.9 Å². The number of aryl methyl sites for hydroxylation is 1. The fraction of sp³-hybridized carbons (Fsp3) is 0.375. The van der Waals surface area contributed by atoms with Crippen molar-refractivity contribution in [1.29, 1.82) is 0 Å². The van der Waals surface area contributed by atoms with Crippen molar-refractivity contribution >= 4 is 23.1 Å². The van der Waals surface area contributed by atoms with Gasteiger partial charge in [-0.1, -0.05) is 17.3 Å². The maximum Gasteiger partial charge on any atom is 0.244 e. The molecule has 23 heavy (non-hydrogen) atoms. The number of para-hydroxylation sites is 2. The minimum Gasteiger partial charge on any atom is -0.378 e. The lowest BCUT2D eigenvalue weighted by molar-refractivity contribution is -0.114. The molecule has 2 aromatic rings. The number of rotatable bonds is 5. The number of benzene rings is 1. The molecule has 122 valence electrons. The Labute approximate surface area is 134 Å². The van der Waals surface area contributed by atoms with Gasteiger partial charge < -0.3 is 24.8 Å². The highest BCUT2D eigenvalue weighted by atomic mass is 16.5. The van der Waals surface area contributed by atoms with Crippen LogP contribution in [0, 0.1) is 6.92 Å². The minimum absolute atomic E-state index is 0.160. The van der Waals surface area contributed by atoms with E-state index in [-0.39, 0.29) is 12.5 Å². The first-order valence-corrected chi connectivity index (χ1v) is 7.61. The van der Waals surface area contributed by atoms with Crippen molar-refractivity contribution in [3.8, 4) is 0 Å². The second-order valence-corrected chi connectivity index (χ2v) is 5.34. The zero-order chi connectivity index (χ0) is 16.1. The van der Waals surface area contributed by atoms with Crippen LogP contribution in [0.25, 0.3) is 0 Å². The highest BCUT2D eigenvalue weighted by Gasteiger charge is 2.15. The standard InChI is InChI=1S/C16H20N4O3/c1-12-10-15(19-23-12)18-16(21)11-17-13-4-2-3-5-14(13)20-6-8-22-9-7-20/h2-5,10,17H,6-9,11H2,1H3,(H,18,19,21). The van der Waals surface area contributed by atoms with Gasteiger partial charge in [-0.05, 0) is 19.1 Å². The Morgan fingerprint density at radius 2 is 2.09 bits per heavy atom. The second-order valence-electron chi connectivity index (χ2n) is 5.34. The third-order valence-corrected chi connectivity index (χ3v) is 3.59. The number of morpholine rings is 1. The van der Waals surface area contributed by atoms with Crippen molar-refractivity contribution < 1.29 is 14.1 Å². The molecular weight excluding hydrogens is 296 g/mol. The molecule has 7 nitrogen and oxygen atoms in total. The quantitative estimate of drug-likeness (QED) is 0.876. The highest BCUT2D eigenvalue weighted by molar-refractivity contribution is 5.93. The summed E-state index contributed by atoms with van der Waals surface area (Å²) < 4.78 is 10.3. The summed E-state index contributed by atoms with van der Waals surface area (Å²) in [5, 5.41) is 9.62. The van der Waals surface area contributed by atoms with Gasteiger partial charge in [-0.2, -0.15) is 0 Å². The Kier molecular flexibility index (Phi) is 4.77. The van der Waals surface area contributed by atoms with Crippen molar-refractivity contribution in [3.63, 3.8) is 0 Å². The fourth-order valence-corrected chi connectivity index (χ4v) is 2.49. The summed E-state index contributed by atoms with van der Waals surface area (Å²) in [4.78, 5) is 14.2. The SMILES string of the molecule is Cc1cc(NC(=O)CNc2ccccc2N2CCOCC2)no1. The van der Waals surface area contributed by atoms with Gasteiger partial charge in [-0.15, -0.1) is 0 Å². The number of hydrogen-bond acceptors (Lipinski definition) is 6. The third kappa shape index (κ3) is 4.01. The Morgan fingerprint density at radius 1 is 1.30 bits per heavy atom. The van der Waals surface area contributed by atoms with Crippen molar-refractivity contribution in [2.75, 3.05) is 48.4 Å². The summed E-state index contributed by atoms with van der Waals surface area (Å²) >= 11 is 0. The van der Waals surface area contributed by atoms with Gasteiger partial charge >= 0.3 is 0 Å². The molecule has 7 heteroatoms.